The Morgan fingerprint density at radius 2 is 2.04 bits per heavy atom. The topological polar surface area (TPSA) is 66.8 Å². The molecule has 1 aromatic carbocycles. The first kappa shape index (κ1) is 17.5. The van der Waals surface area contributed by atoms with Crippen LogP contribution in [0.1, 0.15) is 54.4 Å². The normalized spacial score (nSPS) is 18.0. The van der Waals surface area contributed by atoms with E-state index >= 15 is 0 Å². The predicted molar refractivity (Wildman–Crippen MR) is 87.7 cm³/mol. The second-order valence-corrected chi connectivity index (χ2v) is 6.01. The van der Waals surface area contributed by atoms with Crippen LogP contribution in [-0.4, -0.2) is 48.2 Å². The lowest BCUT2D eigenvalue weighted by Crippen LogP contribution is -2.41. The van der Waals surface area contributed by atoms with Gasteiger partial charge in [-0.3, -0.25) is 4.79 Å². The van der Waals surface area contributed by atoms with Crippen molar-refractivity contribution < 1.29 is 19.4 Å². The number of unbranched alkanes of at least 4 members (excludes halogenated alkanes) is 1. The fraction of sp³-hybridized carbons (Fsp3) is 0.556. The lowest BCUT2D eigenvalue weighted by molar-refractivity contribution is -0.137. The van der Waals surface area contributed by atoms with E-state index in [1.807, 2.05) is 17.0 Å². The number of aromatic carboxylic acids is 1. The molecular formula is C18H25NO4. The standard InChI is InChI=1S/C18H25NO4/c1-2-3-11-23-13-17(20)19-10-4-5-16(12-19)14-6-8-15(9-7-14)18(21)22/h6-9,16H,2-5,10-13H2,1H3,(H,21,22). The highest BCUT2D eigenvalue weighted by Gasteiger charge is 2.24. The number of likely N-dealkylation sites (tertiary alicyclic amines) is 1. The number of hydrogen-bond acceptors (Lipinski definition) is 3. The summed E-state index contributed by atoms with van der Waals surface area (Å²) >= 11 is 0. The average Bonchev–Trinajstić information content (AvgIpc) is 2.59. The van der Waals surface area contributed by atoms with Crippen LogP contribution in [-0.2, 0) is 9.53 Å². The molecule has 2 rings (SSSR count). The van der Waals surface area contributed by atoms with E-state index in [0.29, 0.717) is 18.7 Å². The highest BCUT2D eigenvalue weighted by Crippen LogP contribution is 2.27. The van der Waals surface area contributed by atoms with Crippen LogP contribution >= 0.6 is 0 Å². The number of benzene rings is 1. The minimum Gasteiger partial charge on any atom is -0.478 e. The summed E-state index contributed by atoms with van der Waals surface area (Å²) < 4.78 is 5.42. The summed E-state index contributed by atoms with van der Waals surface area (Å²) in [6.45, 7) is 4.35. The number of carboxylic acids is 1. The van der Waals surface area contributed by atoms with Gasteiger partial charge in [0.05, 0.1) is 5.56 Å². The fourth-order valence-electron chi connectivity index (χ4n) is 2.87. The third-order valence-corrected chi connectivity index (χ3v) is 4.27. The van der Waals surface area contributed by atoms with E-state index < -0.39 is 5.97 Å². The monoisotopic (exact) mass is 319 g/mol. The summed E-state index contributed by atoms with van der Waals surface area (Å²) in [5, 5.41) is 8.95. The molecule has 1 aromatic rings. The molecule has 1 unspecified atom stereocenters. The summed E-state index contributed by atoms with van der Waals surface area (Å²) in [7, 11) is 0. The zero-order chi connectivity index (χ0) is 16.7. The second-order valence-electron chi connectivity index (χ2n) is 6.01. The fourth-order valence-corrected chi connectivity index (χ4v) is 2.87. The molecule has 1 N–H and O–H groups in total. The molecule has 23 heavy (non-hydrogen) atoms. The summed E-state index contributed by atoms with van der Waals surface area (Å²) in [6, 6.07) is 6.98. The van der Waals surface area contributed by atoms with Gasteiger partial charge in [0.1, 0.15) is 6.61 Å². The highest BCUT2D eigenvalue weighted by atomic mass is 16.5. The molecule has 0 saturated carbocycles. The number of carbonyl (C=O) groups excluding carboxylic acids is 1. The van der Waals surface area contributed by atoms with Crippen molar-refractivity contribution in [1.82, 2.24) is 4.90 Å². The second kappa shape index (κ2) is 8.67. The van der Waals surface area contributed by atoms with Crippen molar-refractivity contribution in [3.05, 3.63) is 35.4 Å². The molecule has 1 aliphatic heterocycles. The lowest BCUT2D eigenvalue weighted by atomic mass is 9.90. The maximum atomic E-state index is 12.2. The van der Waals surface area contributed by atoms with Crippen LogP contribution in [0.3, 0.4) is 0 Å². The molecule has 5 nitrogen and oxygen atoms in total. The zero-order valence-corrected chi connectivity index (χ0v) is 13.7. The Morgan fingerprint density at radius 3 is 2.70 bits per heavy atom. The quantitative estimate of drug-likeness (QED) is 0.785. The van der Waals surface area contributed by atoms with Crippen molar-refractivity contribution in [3.63, 3.8) is 0 Å². The van der Waals surface area contributed by atoms with Gasteiger partial charge in [-0.15, -0.1) is 0 Å². The molecule has 1 heterocycles. The van der Waals surface area contributed by atoms with E-state index in [9.17, 15) is 9.59 Å². The maximum absolute atomic E-state index is 12.2. The number of piperidine rings is 1. The van der Waals surface area contributed by atoms with Crippen LogP contribution in [0.15, 0.2) is 24.3 Å². The number of carbonyl (C=O) groups is 2. The number of rotatable bonds is 7. The van der Waals surface area contributed by atoms with Gasteiger partial charge in [0, 0.05) is 25.6 Å². The average molecular weight is 319 g/mol. The first-order valence-electron chi connectivity index (χ1n) is 8.30. The lowest BCUT2D eigenvalue weighted by Gasteiger charge is -2.33. The van der Waals surface area contributed by atoms with Gasteiger partial charge in [-0.2, -0.15) is 0 Å². The van der Waals surface area contributed by atoms with E-state index in [2.05, 4.69) is 6.92 Å². The Kier molecular flexibility index (Phi) is 6.59. The minimum absolute atomic E-state index is 0.0490. The van der Waals surface area contributed by atoms with Crippen molar-refractivity contribution in [3.8, 4) is 0 Å². The number of amides is 1. The van der Waals surface area contributed by atoms with Crippen LogP contribution in [0.4, 0.5) is 0 Å². The largest absolute Gasteiger partial charge is 0.478 e. The van der Waals surface area contributed by atoms with E-state index in [4.69, 9.17) is 9.84 Å². The van der Waals surface area contributed by atoms with Gasteiger partial charge >= 0.3 is 5.97 Å². The van der Waals surface area contributed by atoms with Crippen LogP contribution in [0.2, 0.25) is 0 Å². The number of hydrogen-bond donors (Lipinski definition) is 1. The molecule has 0 aliphatic carbocycles. The third kappa shape index (κ3) is 5.06. The molecule has 0 aromatic heterocycles. The Labute approximate surface area is 137 Å². The Bertz CT molecular complexity index is 526. The van der Waals surface area contributed by atoms with Gasteiger partial charge in [0.25, 0.3) is 0 Å². The predicted octanol–water partition coefficient (Wildman–Crippen LogP) is 2.91. The highest BCUT2D eigenvalue weighted by molar-refractivity contribution is 5.87. The first-order chi connectivity index (χ1) is 11.1. The van der Waals surface area contributed by atoms with Crippen molar-refractivity contribution >= 4 is 11.9 Å². The number of carboxylic acid groups (broad SMARTS) is 1. The molecule has 0 spiro atoms. The van der Waals surface area contributed by atoms with Gasteiger partial charge in [-0.1, -0.05) is 25.5 Å². The molecule has 0 radical (unpaired) electrons. The third-order valence-electron chi connectivity index (χ3n) is 4.27. The van der Waals surface area contributed by atoms with Crippen molar-refractivity contribution in [2.24, 2.45) is 0 Å². The van der Waals surface area contributed by atoms with Crippen LogP contribution < -0.4 is 0 Å². The van der Waals surface area contributed by atoms with Crippen LogP contribution in [0.25, 0.3) is 0 Å². The van der Waals surface area contributed by atoms with E-state index in [0.717, 1.165) is 37.8 Å². The molecule has 0 bridgehead atoms. The minimum atomic E-state index is -0.916. The number of ether oxygens (including phenoxy) is 1. The molecule has 1 fully saturated rings. The van der Waals surface area contributed by atoms with Gasteiger partial charge in [-0.25, -0.2) is 4.79 Å². The van der Waals surface area contributed by atoms with Gasteiger partial charge < -0.3 is 14.7 Å². The van der Waals surface area contributed by atoms with Crippen LogP contribution in [0.5, 0.6) is 0 Å². The van der Waals surface area contributed by atoms with Crippen molar-refractivity contribution in [2.75, 3.05) is 26.3 Å². The molecule has 1 amide bonds. The van der Waals surface area contributed by atoms with E-state index in [-0.39, 0.29) is 18.4 Å². The zero-order valence-electron chi connectivity index (χ0n) is 13.7. The van der Waals surface area contributed by atoms with E-state index in [1.165, 1.54) is 0 Å². The molecule has 1 saturated heterocycles. The van der Waals surface area contributed by atoms with E-state index in [1.54, 1.807) is 12.1 Å². The summed E-state index contributed by atoms with van der Waals surface area (Å²) in [6.07, 6.45) is 4.02. The molecule has 126 valence electrons. The van der Waals surface area contributed by atoms with Crippen molar-refractivity contribution in [2.45, 2.75) is 38.5 Å². The molecule has 1 atom stereocenters. The summed E-state index contributed by atoms with van der Waals surface area (Å²) in [5.41, 5.74) is 1.39. The van der Waals surface area contributed by atoms with Crippen molar-refractivity contribution in [1.29, 1.82) is 0 Å². The van der Waals surface area contributed by atoms with Gasteiger partial charge in [-0.05, 0) is 37.0 Å². The SMILES string of the molecule is CCCCOCC(=O)N1CCCC(c2ccc(C(=O)O)cc2)C1. The van der Waals surface area contributed by atoms with Crippen LogP contribution in [0, 0.1) is 0 Å². The van der Waals surface area contributed by atoms with Gasteiger partial charge in [0.15, 0.2) is 0 Å². The smallest absolute Gasteiger partial charge is 0.335 e. The molecule has 1 aliphatic rings. The number of nitrogens with zero attached hydrogens (tertiary/aromatic N) is 1. The van der Waals surface area contributed by atoms with Gasteiger partial charge in [0.2, 0.25) is 5.91 Å². The summed E-state index contributed by atoms with van der Waals surface area (Å²) in [5.74, 6) is -0.597. The maximum Gasteiger partial charge on any atom is 0.335 e. The Morgan fingerprint density at radius 1 is 1.30 bits per heavy atom. The molecule has 5 heteroatoms. The first-order valence-corrected chi connectivity index (χ1v) is 8.30. The molecular weight excluding hydrogens is 294 g/mol. The Balaban J connectivity index is 1.89. The Hall–Kier alpha value is -1.88. The summed E-state index contributed by atoms with van der Waals surface area (Å²) in [4.78, 5) is 25.0.